The Morgan fingerprint density at radius 1 is 1.12 bits per heavy atom. The number of halogens is 1. The normalized spacial score (nSPS) is 10.4. The SMILES string of the molecule is COc1cc(CCC(=O)O)cc(Cl)c1OCCOc1ccc(C)cc1. The number of methoxy groups -OCH3 is 1. The Morgan fingerprint density at radius 2 is 1.80 bits per heavy atom. The van der Waals surface area contributed by atoms with Crippen molar-refractivity contribution < 1.29 is 24.1 Å². The van der Waals surface area contributed by atoms with Crippen LogP contribution in [0.25, 0.3) is 0 Å². The standard InChI is InChI=1S/C19H21ClO5/c1-13-3-6-15(7-4-13)24-9-10-25-19-16(20)11-14(5-8-18(21)22)12-17(19)23-2/h3-4,6-7,11-12H,5,8-10H2,1-2H3,(H,21,22). The lowest BCUT2D eigenvalue weighted by Gasteiger charge is -2.14. The van der Waals surface area contributed by atoms with Gasteiger partial charge >= 0.3 is 5.97 Å². The summed E-state index contributed by atoms with van der Waals surface area (Å²) in [4.78, 5) is 10.7. The molecular formula is C19H21ClO5. The molecule has 0 amide bonds. The van der Waals surface area contributed by atoms with Crippen molar-refractivity contribution in [1.82, 2.24) is 0 Å². The summed E-state index contributed by atoms with van der Waals surface area (Å²) in [6, 6.07) is 11.2. The molecule has 0 fully saturated rings. The Balaban J connectivity index is 1.93. The van der Waals surface area contributed by atoms with Crippen molar-refractivity contribution in [1.29, 1.82) is 0 Å². The highest BCUT2D eigenvalue weighted by Gasteiger charge is 2.13. The summed E-state index contributed by atoms with van der Waals surface area (Å²) in [5.74, 6) is 0.818. The van der Waals surface area contributed by atoms with Crippen molar-refractivity contribution in [2.24, 2.45) is 0 Å². The first kappa shape index (κ1) is 18.9. The lowest BCUT2D eigenvalue weighted by Crippen LogP contribution is -2.10. The van der Waals surface area contributed by atoms with E-state index >= 15 is 0 Å². The predicted octanol–water partition coefficient (Wildman–Crippen LogP) is 4.13. The van der Waals surface area contributed by atoms with E-state index in [0.29, 0.717) is 36.2 Å². The largest absolute Gasteiger partial charge is 0.493 e. The fourth-order valence-electron chi connectivity index (χ4n) is 2.25. The van der Waals surface area contributed by atoms with Gasteiger partial charge in [0.25, 0.3) is 0 Å². The smallest absolute Gasteiger partial charge is 0.303 e. The molecule has 5 nitrogen and oxygen atoms in total. The zero-order valence-electron chi connectivity index (χ0n) is 14.3. The maximum absolute atomic E-state index is 10.7. The molecule has 0 unspecified atom stereocenters. The van der Waals surface area contributed by atoms with Crippen LogP contribution in [0.4, 0.5) is 0 Å². The van der Waals surface area contributed by atoms with E-state index in [1.165, 1.54) is 12.7 Å². The van der Waals surface area contributed by atoms with Gasteiger partial charge in [0.15, 0.2) is 11.5 Å². The maximum atomic E-state index is 10.7. The summed E-state index contributed by atoms with van der Waals surface area (Å²) in [7, 11) is 1.52. The van der Waals surface area contributed by atoms with Crippen LogP contribution in [0.3, 0.4) is 0 Å². The van der Waals surface area contributed by atoms with Gasteiger partial charge in [-0.25, -0.2) is 0 Å². The van der Waals surface area contributed by atoms with Crippen LogP contribution in [0.2, 0.25) is 5.02 Å². The van der Waals surface area contributed by atoms with Gasteiger partial charge in [0.05, 0.1) is 12.1 Å². The molecule has 0 heterocycles. The number of carboxylic acid groups (broad SMARTS) is 1. The van der Waals surface area contributed by atoms with Gasteiger partial charge in [0, 0.05) is 6.42 Å². The van der Waals surface area contributed by atoms with Gasteiger partial charge in [0.1, 0.15) is 19.0 Å². The molecule has 6 heteroatoms. The van der Waals surface area contributed by atoms with Crippen molar-refractivity contribution in [3.05, 3.63) is 52.5 Å². The number of aliphatic carboxylic acids is 1. The van der Waals surface area contributed by atoms with Gasteiger partial charge in [-0.3, -0.25) is 4.79 Å². The molecule has 0 aliphatic heterocycles. The van der Waals surface area contributed by atoms with Crippen molar-refractivity contribution >= 4 is 17.6 Å². The number of ether oxygens (including phenoxy) is 3. The summed E-state index contributed by atoms with van der Waals surface area (Å²) < 4.78 is 16.6. The monoisotopic (exact) mass is 364 g/mol. The first-order valence-electron chi connectivity index (χ1n) is 7.90. The Bertz CT molecular complexity index is 712. The molecule has 0 bridgehead atoms. The number of hydrogen-bond donors (Lipinski definition) is 1. The highest BCUT2D eigenvalue weighted by Crippen LogP contribution is 2.36. The minimum Gasteiger partial charge on any atom is -0.493 e. The molecule has 0 aliphatic carbocycles. The van der Waals surface area contributed by atoms with Crippen LogP contribution in [0, 0.1) is 6.92 Å². The number of hydrogen-bond acceptors (Lipinski definition) is 4. The van der Waals surface area contributed by atoms with Gasteiger partial charge in [-0.15, -0.1) is 0 Å². The lowest BCUT2D eigenvalue weighted by atomic mass is 10.1. The van der Waals surface area contributed by atoms with E-state index in [9.17, 15) is 4.79 Å². The zero-order chi connectivity index (χ0) is 18.2. The quantitative estimate of drug-likeness (QED) is 0.678. The van der Waals surface area contributed by atoms with Gasteiger partial charge in [-0.2, -0.15) is 0 Å². The molecule has 0 saturated heterocycles. The lowest BCUT2D eigenvalue weighted by molar-refractivity contribution is -0.136. The Morgan fingerprint density at radius 3 is 2.44 bits per heavy atom. The van der Waals surface area contributed by atoms with Crippen molar-refractivity contribution in [2.75, 3.05) is 20.3 Å². The molecule has 0 aliphatic rings. The Kier molecular flexibility index (Phi) is 6.95. The minimum absolute atomic E-state index is 0.0318. The second-order valence-corrected chi connectivity index (χ2v) is 5.92. The molecule has 25 heavy (non-hydrogen) atoms. The zero-order valence-corrected chi connectivity index (χ0v) is 15.0. The van der Waals surface area contributed by atoms with Crippen LogP contribution >= 0.6 is 11.6 Å². The van der Waals surface area contributed by atoms with Crippen molar-refractivity contribution in [3.8, 4) is 17.2 Å². The summed E-state index contributed by atoms with van der Waals surface area (Å²) >= 11 is 6.25. The van der Waals surface area contributed by atoms with Crippen molar-refractivity contribution in [2.45, 2.75) is 19.8 Å². The molecule has 0 saturated carbocycles. The number of carbonyl (C=O) groups is 1. The van der Waals surface area contributed by atoms with E-state index in [2.05, 4.69) is 0 Å². The minimum atomic E-state index is -0.858. The molecule has 0 aromatic heterocycles. The average Bonchev–Trinajstić information content (AvgIpc) is 2.59. The van der Waals surface area contributed by atoms with Gasteiger partial charge < -0.3 is 19.3 Å². The fourth-order valence-corrected chi connectivity index (χ4v) is 2.53. The number of benzene rings is 2. The summed E-state index contributed by atoms with van der Waals surface area (Å²) in [5.41, 5.74) is 1.95. The summed E-state index contributed by atoms with van der Waals surface area (Å²) in [6.45, 7) is 2.68. The molecular weight excluding hydrogens is 344 g/mol. The van der Waals surface area contributed by atoms with Crippen LogP contribution < -0.4 is 14.2 Å². The van der Waals surface area contributed by atoms with Crippen molar-refractivity contribution in [3.63, 3.8) is 0 Å². The van der Waals surface area contributed by atoms with E-state index in [1.54, 1.807) is 12.1 Å². The maximum Gasteiger partial charge on any atom is 0.303 e. The molecule has 2 aromatic rings. The molecule has 0 radical (unpaired) electrons. The van der Waals surface area contributed by atoms with Crippen LogP contribution in [0.5, 0.6) is 17.2 Å². The fraction of sp³-hybridized carbons (Fsp3) is 0.316. The summed E-state index contributed by atoms with van der Waals surface area (Å²) in [6.07, 6.45) is 0.409. The highest BCUT2D eigenvalue weighted by molar-refractivity contribution is 6.32. The Hall–Kier alpha value is -2.40. The molecule has 134 valence electrons. The molecule has 0 spiro atoms. The predicted molar refractivity (Wildman–Crippen MR) is 96.1 cm³/mol. The molecule has 2 aromatic carbocycles. The third-order valence-electron chi connectivity index (χ3n) is 3.54. The average molecular weight is 365 g/mol. The van der Waals surface area contributed by atoms with E-state index in [1.807, 2.05) is 31.2 Å². The van der Waals surface area contributed by atoms with E-state index in [0.717, 1.165) is 11.3 Å². The van der Waals surface area contributed by atoms with E-state index in [4.69, 9.17) is 30.9 Å². The van der Waals surface area contributed by atoms with Gasteiger partial charge in [0.2, 0.25) is 0 Å². The first-order chi connectivity index (χ1) is 12.0. The summed E-state index contributed by atoms with van der Waals surface area (Å²) in [5, 5.41) is 9.16. The van der Waals surface area contributed by atoms with Gasteiger partial charge in [-0.05, 0) is 43.2 Å². The second kappa shape index (κ2) is 9.18. The van der Waals surface area contributed by atoms with Crippen LogP contribution in [0.15, 0.2) is 36.4 Å². The highest BCUT2D eigenvalue weighted by atomic mass is 35.5. The Labute approximate surface area is 152 Å². The topological polar surface area (TPSA) is 65.0 Å². The third-order valence-corrected chi connectivity index (χ3v) is 3.82. The molecule has 2 rings (SSSR count). The second-order valence-electron chi connectivity index (χ2n) is 5.51. The van der Waals surface area contributed by atoms with E-state index in [-0.39, 0.29) is 6.42 Å². The number of rotatable bonds is 9. The van der Waals surface area contributed by atoms with Gasteiger partial charge in [-0.1, -0.05) is 29.3 Å². The number of aryl methyl sites for hydroxylation is 2. The molecule has 1 N–H and O–H groups in total. The third kappa shape index (κ3) is 5.87. The van der Waals surface area contributed by atoms with Crippen LogP contribution in [-0.4, -0.2) is 31.4 Å². The number of carboxylic acids is 1. The van der Waals surface area contributed by atoms with Crippen LogP contribution in [-0.2, 0) is 11.2 Å². The molecule has 0 atom stereocenters. The van der Waals surface area contributed by atoms with Crippen LogP contribution in [0.1, 0.15) is 17.5 Å². The first-order valence-corrected chi connectivity index (χ1v) is 8.28. The van der Waals surface area contributed by atoms with E-state index < -0.39 is 5.97 Å².